The second kappa shape index (κ2) is 10.4. The van der Waals surface area contributed by atoms with Gasteiger partial charge in [-0.15, -0.1) is 11.8 Å². The Morgan fingerprint density at radius 3 is 2.32 bits per heavy atom. The first-order valence-corrected chi connectivity index (χ1v) is 12.5. The van der Waals surface area contributed by atoms with Crippen LogP contribution in [-0.4, -0.2) is 51.2 Å². The van der Waals surface area contributed by atoms with Crippen molar-refractivity contribution in [3.63, 3.8) is 0 Å². The summed E-state index contributed by atoms with van der Waals surface area (Å²) < 4.78 is 38.2. The number of nitrogens with one attached hydrogen (secondary N) is 1. The van der Waals surface area contributed by atoms with Crippen LogP contribution in [0.25, 0.3) is 0 Å². The van der Waals surface area contributed by atoms with Crippen LogP contribution in [0, 0.1) is 0 Å². The number of rotatable bonds is 8. The highest BCUT2D eigenvalue weighted by atomic mass is 32.2. The fourth-order valence-corrected chi connectivity index (χ4v) is 5.92. The van der Waals surface area contributed by atoms with Crippen LogP contribution in [0.5, 0.6) is 11.5 Å². The molecule has 1 aliphatic rings. The number of amides is 1. The number of anilines is 1. The van der Waals surface area contributed by atoms with Gasteiger partial charge in [-0.3, -0.25) is 4.79 Å². The second-order valence-corrected chi connectivity index (χ2v) is 10.6. The Hall–Kier alpha value is -2.23. The second-order valence-electron chi connectivity index (χ2n) is 7.26. The lowest BCUT2D eigenvalue weighted by Gasteiger charge is -2.26. The van der Waals surface area contributed by atoms with E-state index in [0.717, 1.165) is 29.9 Å². The van der Waals surface area contributed by atoms with Crippen molar-refractivity contribution in [1.29, 1.82) is 0 Å². The SMILES string of the molecule is COc1ccc(SC(C)C(=O)Nc2ccc(OC)c(S(=O)(=O)N3CCCCC3)c2)cc1. The first-order valence-electron chi connectivity index (χ1n) is 10.1. The Labute approximate surface area is 188 Å². The van der Waals surface area contributed by atoms with Crippen LogP contribution in [0.2, 0.25) is 0 Å². The standard InChI is InChI=1S/C22H28N2O5S2/c1-16(30-19-10-8-18(28-2)9-11-19)22(25)23-17-7-12-20(29-3)21(15-17)31(26,27)24-13-5-4-6-14-24/h7-12,15-16H,4-6,13-14H2,1-3H3,(H,23,25). The average molecular weight is 465 g/mol. The molecule has 7 nitrogen and oxygen atoms in total. The number of thioether (sulfide) groups is 1. The van der Waals surface area contributed by atoms with E-state index in [1.54, 1.807) is 26.2 Å². The summed E-state index contributed by atoms with van der Waals surface area (Å²) >= 11 is 1.41. The van der Waals surface area contributed by atoms with E-state index in [1.165, 1.54) is 29.2 Å². The van der Waals surface area contributed by atoms with Gasteiger partial charge >= 0.3 is 0 Å². The lowest BCUT2D eigenvalue weighted by atomic mass is 10.2. The number of carbonyl (C=O) groups is 1. The topological polar surface area (TPSA) is 84.9 Å². The van der Waals surface area contributed by atoms with Crippen LogP contribution in [0.4, 0.5) is 5.69 Å². The predicted octanol–water partition coefficient (Wildman–Crippen LogP) is 4.00. The third-order valence-corrected chi connectivity index (χ3v) is 8.14. The normalized spacial score (nSPS) is 15.8. The number of piperidine rings is 1. The number of methoxy groups -OCH3 is 2. The Bertz CT molecular complexity index is 1000. The zero-order valence-electron chi connectivity index (χ0n) is 18.0. The Balaban J connectivity index is 1.74. The highest BCUT2D eigenvalue weighted by Gasteiger charge is 2.29. The van der Waals surface area contributed by atoms with E-state index in [1.807, 2.05) is 24.3 Å². The van der Waals surface area contributed by atoms with Gasteiger partial charge in [0.15, 0.2) is 0 Å². The monoisotopic (exact) mass is 464 g/mol. The molecule has 1 aliphatic heterocycles. The van der Waals surface area contributed by atoms with Crippen molar-refractivity contribution in [2.24, 2.45) is 0 Å². The molecule has 0 aromatic heterocycles. The molecule has 1 atom stereocenters. The van der Waals surface area contributed by atoms with E-state index in [2.05, 4.69) is 5.32 Å². The van der Waals surface area contributed by atoms with Crippen molar-refractivity contribution in [2.75, 3.05) is 32.6 Å². The molecule has 0 spiro atoms. The first-order chi connectivity index (χ1) is 14.8. The number of hydrogen-bond donors (Lipinski definition) is 1. The molecule has 0 bridgehead atoms. The van der Waals surface area contributed by atoms with Gasteiger partial charge in [-0.25, -0.2) is 8.42 Å². The van der Waals surface area contributed by atoms with Crippen molar-refractivity contribution in [3.05, 3.63) is 42.5 Å². The third kappa shape index (κ3) is 5.72. The average Bonchev–Trinajstić information content (AvgIpc) is 2.80. The minimum absolute atomic E-state index is 0.0742. The highest BCUT2D eigenvalue weighted by Crippen LogP contribution is 2.32. The minimum atomic E-state index is -3.70. The molecule has 2 aromatic carbocycles. The van der Waals surface area contributed by atoms with Crippen LogP contribution < -0.4 is 14.8 Å². The van der Waals surface area contributed by atoms with Gasteiger partial charge in [-0.05, 0) is 62.2 Å². The van der Waals surface area contributed by atoms with Crippen LogP contribution in [0.15, 0.2) is 52.3 Å². The Morgan fingerprint density at radius 1 is 1.03 bits per heavy atom. The molecule has 0 radical (unpaired) electrons. The van der Waals surface area contributed by atoms with Gasteiger partial charge in [0, 0.05) is 23.7 Å². The van der Waals surface area contributed by atoms with E-state index in [0.29, 0.717) is 18.8 Å². The van der Waals surface area contributed by atoms with Gasteiger partial charge in [0.2, 0.25) is 15.9 Å². The first kappa shape index (κ1) is 23.4. The molecule has 1 saturated heterocycles. The fourth-order valence-electron chi connectivity index (χ4n) is 3.36. The summed E-state index contributed by atoms with van der Waals surface area (Å²) in [7, 11) is -0.654. The molecule has 168 valence electrons. The number of sulfonamides is 1. The summed E-state index contributed by atoms with van der Waals surface area (Å²) in [6.07, 6.45) is 2.72. The molecule has 1 N–H and O–H groups in total. The molecule has 9 heteroatoms. The van der Waals surface area contributed by atoms with Crippen LogP contribution in [0.3, 0.4) is 0 Å². The molecule has 0 saturated carbocycles. The molecular weight excluding hydrogens is 436 g/mol. The van der Waals surface area contributed by atoms with Crippen LogP contribution in [-0.2, 0) is 14.8 Å². The maximum Gasteiger partial charge on any atom is 0.246 e. The van der Waals surface area contributed by atoms with Crippen LogP contribution in [0.1, 0.15) is 26.2 Å². The predicted molar refractivity (Wildman–Crippen MR) is 123 cm³/mol. The van der Waals surface area contributed by atoms with E-state index in [-0.39, 0.29) is 21.8 Å². The molecule has 2 aromatic rings. The van der Waals surface area contributed by atoms with Crippen molar-refractivity contribution >= 4 is 33.4 Å². The number of benzene rings is 2. The van der Waals surface area contributed by atoms with Gasteiger partial charge in [0.05, 0.1) is 19.5 Å². The number of hydrogen-bond acceptors (Lipinski definition) is 6. The van der Waals surface area contributed by atoms with Gasteiger partial charge in [-0.1, -0.05) is 6.42 Å². The molecule has 1 fully saturated rings. The molecular formula is C22H28N2O5S2. The van der Waals surface area contributed by atoms with E-state index in [9.17, 15) is 13.2 Å². The zero-order valence-corrected chi connectivity index (χ0v) is 19.6. The quantitative estimate of drug-likeness (QED) is 0.595. The van der Waals surface area contributed by atoms with Crippen molar-refractivity contribution < 1.29 is 22.7 Å². The summed E-state index contributed by atoms with van der Waals surface area (Å²) in [5.74, 6) is 0.804. The Kier molecular flexibility index (Phi) is 7.85. The summed E-state index contributed by atoms with van der Waals surface area (Å²) in [5.41, 5.74) is 0.420. The van der Waals surface area contributed by atoms with Crippen LogP contribution >= 0.6 is 11.8 Å². The summed E-state index contributed by atoms with van der Waals surface area (Å²) in [6, 6.07) is 12.2. The van der Waals surface area contributed by atoms with Gasteiger partial charge in [-0.2, -0.15) is 4.31 Å². The van der Waals surface area contributed by atoms with Crippen molar-refractivity contribution in [2.45, 2.75) is 41.2 Å². The summed E-state index contributed by atoms with van der Waals surface area (Å²) in [5, 5.41) is 2.45. The zero-order chi connectivity index (χ0) is 22.4. The van der Waals surface area contributed by atoms with Gasteiger partial charge in [0.1, 0.15) is 16.4 Å². The minimum Gasteiger partial charge on any atom is -0.497 e. The maximum atomic E-state index is 13.2. The lowest BCUT2D eigenvalue weighted by molar-refractivity contribution is -0.115. The Morgan fingerprint density at radius 2 is 1.71 bits per heavy atom. The van der Waals surface area contributed by atoms with Gasteiger partial charge < -0.3 is 14.8 Å². The molecule has 0 aliphatic carbocycles. The molecule has 31 heavy (non-hydrogen) atoms. The molecule has 1 heterocycles. The number of carbonyl (C=O) groups excluding carboxylic acids is 1. The molecule has 1 unspecified atom stereocenters. The number of ether oxygens (including phenoxy) is 2. The smallest absolute Gasteiger partial charge is 0.246 e. The third-order valence-electron chi connectivity index (χ3n) is 5.11. The molecule has 3 rings (SSSR count). The summed E-state index contributed by atoms with van der Waals surface area (Å²) in [4.78, 5) is 13.7. The number of nitrogens with zero attached hydrogens (tertiary/aromatic N) is 1. The van der Waals surface area contributed by atoms with E-state index < -0.39 is 10.0 Å². The lowest BCUT2D eigenvalue weighted by Crippen LogP contribution is -2.35. The summed E-state index contributed by atoms with van der Waals surface area (Å²) in [6.45, 7) is 2.80. The van der Waals surface area contributed by atoms with E-state index >= 15 is 0 Å². The largest absolute Gasteiger partial charge is 0.497 e. The highest BCUT2D eigenvalue weighted by molar-refractivity contribution is 8.00. The maximum absolute atomic E-state index is 13.2. The fraction of sp³-hybridized carbons (Fsp3) is 0.409. The van der Waals surface area contributed by atoms with Crippen molar-refractivity contribution in [3.8, 4) is 11.5 Å². The molecule has 1 amide bonds. The van der Waals surface area contributed by atoms with Crippen molar-refractivity contribution in [1.82, 2.24) is 4.31 Å². The van der Waals surface area contributed by atoms with E-state index in [4.69, 9.17) is 9.47 Å². The van der Waals surface area contributed by atoms with Gasteiger partial charge in [0.25, 0.3) is 0 Å².